The van der Waals surface area contributed by atoms with Crippen LogP contribution in [0.3, 0.4) is 0 Å². The van der Waals surface area contributed by atoms with E-state index >= 15 is 0 Å². The molecule has 1 aromatic heterocycles. The maximum atomic E-state index is 12.4. The summed E-state index contributed by atoms with van der Waals surface area (Å²) in [5, 5.41) is 3.75. The van der Waals surface area contributed by atoms with Crippen LogP contribution in [0.15, 0.2) is 77.7 Å². The molecule has 1 amide bonds. The number of carbonyl (C=O) groups excluding carboxylic acids is 1. The van der Waals surface area contributed by atoms with Crippen molar-refractivity contribution in [2.75, 3.05) is 11.1 Å². The number of aromatic nitrogens is 1. The van der Waals surface area contributed by atoms with Crippen molar-refractivity contribution < 1.29 is 13.2 Å². The number of fused-ring (bicyclic) bond motifs is 1. The lowest BCUT2D eigenvalue weighted by Gasteiger charge is -2.07. The van der Waals surface area contributed by atoms with E-state index in [0.29, 0.717) is 10.6 Å². The van der Waals surface area contributed by atoms with Gasteiger partial charge in [0.05, 0.1) is 20.9 Å². The molecule has 1 N–H and O–H groups in total. The number of amides is 1. The number of hydrogen-bond acceptors (Lipinski definition) is 5. The van der Waals surface area contributed by atoms with Gasteiger partial charge in [-0.2, -0.15) is 0 Å². The van der Waals surface area contributed by atoms with Crippen molar-refractivity contribution in [2.24, 2.45) is 0 Å². The minimum atomic E-state index is -3.39. The molecule has 0 aliphatic carbocycles. The Kier molecular flexibility index (Phi) is 6.15. The lowest BCUT2D eigenvalue weighted by Crippen LogP contribution is -2.14. The number of aryl methyl sites for hydroxylation is 1. The van der Waals surface area contributed by atoms with Gasteiger partial charge in [0.15, 0.2) is 9.84 Å². The van der Waals surface area contributed by atoms with Crippen LogP contribution in [0.5, 0.6) is 0 Å². The highest BCUT2D eigenvalue weighted by atomic mass is 32.2. The minimum absolute atomic E-state index is 0.0603. The smallest absolute Gasteiger partial charge is 0.224 e. The van der Waals surface area contributed by atoms with Crippen LogP contribution >= 0.6 is 11.3 Å². The van der Waals surface area contributed by atoms with Gasteiger partial charge in [0.25, 0.3) is 0 Å². The van der Waals surface area contributed by atoms with Crippen LogP contribution in [-0.2, 0) is 14.6 Å². The number of nitrogens with one attached hydrogen (secondary N) is 1. The van der Waals surface area contributed by atoms with Crippen molar-refractivity contribution in [1.82, 2.24) is 4.98 Å². The zero-order chi connectivity index (χ0) is 21.8. The third-order valence-corrected chi connectivity index (χ3v) is 7.79. The quantitative estimate of drug-likeness (QED) is 0.405. The van der Waals surface area contributed by atoms with E-state index in [4.69, 9.17) is 0 Å². The Morgan fingerprint density at radius 3 is 2.55 bits per heavy atom. The number of anilines is 1. The van der Waals surface area contributed by atoms with Gasteiger partial charge in [-0.1, -0.05) is 42.0 Å². The third-order valence-electron chi connectivity index (χ3n) is 4.88. The molecule has 0 atom stereocenters. The molecule has 0 saturated carbocycles. The number of para-hydroxylation sites is 1. The second-order valence-electron chi connectivity index (χ2n) is 7.35. The maximum absolute atomic E-state index is 12.4. The van der Waals surface area contributed by atoms with E-state index in [2.05, 4.69) is 10.3 Å². The van der Waals surface area contributed by atoms with Crippen LogP contribution in [0.2, 0.25) is 0 Å². The lowest BCUT2D eigenvalue weighted by atomic mass is 10.2. The second kappa shape index (κ2) is 8.99. The van der Waals surface area contributed by atoms with E-state index in [1.807, 2.05) is 55.5 Å². The Hall–Kier alpha value is -3.03. The van der Waals surface area contributed by atoms with Gasteiger partial charge in [-0.05, 0) is 49.7 Å². The van der Waals surface area contributed by atoms with Crippen molar-refractivity contribution in [1.29, 1.82) is 0 Å². The van der Waals surface area contributed by atoms with E-state index in [1.54, 1.807) is 35.6 Å². The fourth-order valence-corrected chi connectivity index (χ4v) is 5.51. The number of hydrogen-bond donors (Lipinski definition) is 1. The Bertz CT molecular complexity index is 1290. The van der Waals surface area contributed by atoms with Crippen molar-refractivity contribution in [3.8, 4) is 10.6 Å². The summed E-state index contributed by atoms with van der Waals surface area (Å²) in [5.41, 5.74) is 3.56. The van der Waals surface area contributed by atoms with E-state index in [0.717, 1.165) is 26.4 Å². The van der Waals surface area contributed by atoms with Gasteiger partial charge >= 0.3 is 0 Å². The summed E-state index contributed by atoms with van der Waals surface area (Å²) in [4.78, 5) is 17.3. The maximum Gasteiger partial charge on any atom is 0.224 e. The molecule has 0 radical (unpaired) electrons. The zero-order valence-corrected chi connectivity index (χ0v) is 18.7. The van der Waals surface area contributed by atoms with E-state index in [9.17, 15) is 13.2 Å². The summed E-state index contributed by atoms with van der Waals surface area (Å²) in [6, 6.07) is 22.3. The fraction of sp³-hybridized carbons (Fsp3) is 0.167. The molecule has 0 bridgehead atoms. The topological polar surface area (TPSA) is 76.1 Å². The van der Waals surface area contributed by atoms with E-state index in [-0.39, 0.29) is 24.5 Å². The van der Waals surface area contributed by atoms with Crippen molar-refractivity contribution in [3.05, 3.63) is 78.4 Å². The Morgan fingerprint density at radius 1 is 1.00 bits per heavy atom. The van der Waals surface area contributed by atoms with Crippen LogP contribution in [0.25, 0.3) is 20.8 Å². The predicted molar refractivity (Wildman–Crippen MR) is 126 cm³/mol. The monoisotopic (exact) mass is 450 g/mol. The van der Waals surface area contributed by atoms with Crippen LogP contribution in [-0.4, -0.2) is 25.1 Å². The van der Waals surface area contributed by atoms with Crippen molar-refractivity contribution >= 4 is 43.0 Å². The van der Waals surface area contributed by atoms with Gasteiger partial charge in [-0.15, -0.1) is 11.3 Å². The van der Waals surface area contributed by atoms with Gasteiger partial charge < -0.3 is 5.32 Å². The number of carbonyl (C=O) groups is 1. The first-order valence-electron chi connectivity index (χ1n) is 9.96. The molecule has 7 heteroatoms. The SMILES string of the molecule is Cc1ccc(S(=O)(=O)CCCC(=O)Nc2cccc(-c3nc4ccccc4s3)c2)cc1. The average molecular weight is 451 g/mol. The van der Waals surface area contributed by atoms with Gasteiger partial charge in [0.2, 0.25) is 5.91 Å². The summed E-state index contributed by atoms with van der Waals surface area (Å²) in [5.74, 6) is -0.268. The molecule has 0 unspecified atom stereocenters. The van der Waals surface area contributed by atoms with Crippen LogP contribution in [0, 0.1) is 6.92 Å². The molecule has 0 fully saturated rings. The molecule has 31 heavy (non-hydrogen) atoms. The van der Waals surface area contributed by atoms with Gasteiger partial charge in [0, 0.05) is 17.7 Å². The number of thiazole rings is 1. The molecule has 0 aliphatic rings. The predicted octanol–water partition coefficient (Wildman–Crippen LogP) is 5.46. The molecule has 158 valence electrons. The molecule has 3 aromatic carbocycles. The summed E-state index contributed by atoms with van der Waals surface area (Å²) >= 11 is 1.60. The van der Waals surface area contributed by atoms with Crippen LogP contribution < -0.4 is 5.32 Å². The highest BCUT2D eigenvalue weighted by Gasteiger charge is 2.15. The molecule has 1 heterocycles. The zero-order valence-electron chi connectivity index (χ0n) is 17.0. The average Bonchev–Trinajstić information content (AvgIpc) is 3.18. The van der Waals surface area contributed by atoms with Gasteiger partial charge in [-0.3, -0.25) is 4.79 Å². The standard InChI is InChI=1S/C24H22N2O3S2/c1-17-11-13-20(14-12-17)31(28,29)15-5-10-23(27)25-19-7-4-6-18(16-19)24-26-21-8-2-3-9-22(21)30-24/h2-4,6-9,11-14,16H,5,10,15H2,1H3,(H,25,27). The second-order valence-corrected chi connectivity index (χ2v) is 10.5. The van der Waals surface area contributed by atoms with Crippen molar-refractivity contribution in [2.45, 2.75) is 24.7 Å². The van der Waals surface area contributed by atoms with Crippen LogP contribution in [0.1, 0.15) is 18.4 Å². The summed E-state index contributed by atoms with van der Waals surface area (Å²) in [7, 11) is -3.39. The van der Waals surface area contributed by atoms with Crippen LogP contribution in [0.4, 0.5) is 5.69 Å². The molecular weight excluding hydrogens is 428 g/mol. The molecule has 0 spiro atoms. The molecule has 5 nitrogen and oxygen atoms in total. The first kappa shape index (κ1) is 21.2. The largest absolute Gasteiger partial charge is 0.326 e. The molecule has 0 aliphatic heterocycles. The third kappa shape index (κ3) is 5.18. The first-order chi connectivity index (χ1) is 14.9. The summed E-state index contributed by atoms with van der Waals surface area (Å²) < 4.78 is 26.0. The minimum Gasteiger partial charge on any atom is -0.326 e. The summed E-state index contributed by atoms with van der Waals surface area (Å²) in [6.07, 6.45) is 0.399. The highest BCUT2D eigenvalue weighted by Crippen LogP contribution is 2.31. The first-order valence-corrected chi connectivity index (χ1v) is 12.4. The Labute approximate surface area is 185 Å². The number of nitrogens with zero attached hydrogens (tertiary/aromatic N) is 1. The number of benzene rings is 3. The van der Waals surface area contributed by atoms with Gasteiger partial charge in [0.1, 0.15) is 5.01 Å². The highest BCUT2D eigenvalue weighted by molar-refractivity contribution is 7.91. The fourth-order valence-electron chi connectivity index (χ4n) is 3.24. The molecular formula is C24H22N2O3S2. The number of rotatable bonds is 7. The molecule has 4 aromatic rings. The van der Waals surface area contributed by atoms with E-state index < -0.39 is 9.84 Å². The van der Waals surface area contributed by atoms with Crippen molar-refractivity contribution in [3.63, 3.8) is 0 Å². The lowest BCUT2D eigenvalue weighted by molar-refractivity contribution is -0.116. The molecule has 4 rings (SSSR count). The Morgan fingerprint density at radius 2 is 1.77 bits per heavy atom. The van der Waals surface area contributed by atoms with Gasteiger partial charge in [-0.25, -0.2) is 13.4 Å². The summed E-state index contributed by atoms with van der Waals surface area (Å²) in [6.45, 7) is 1.91. The number of sulfone groups is 1. The molecule has 0 saturated heterocycles. The Balaban J connectivity index is 1.36. The van der Waals surface area contributed by atoms with E-state index in [1.165, 1.54) is 0 Å². The normalized spacial score (nSPS) is 11.5.